The molecule has 0 unspecified atom stereocenters. The van der Waals surface area contributed by atoms with Crippen LogP contribution in [0.5, 0.6) is 5.75 Å². The lowest BCUT2D eigenvalue weighted by Gasteiger charge is -2.37. The van der Waals surface area contributed by atoms with Gasteiger partial charge in [-0.15, -0.1) is 0 Å². The van der Waals surface area contributed by atoms with Crippen molar-refractivity contribution >= 4 is 23.5 Å². The number of rotatable bonds is 3. The lowest BCUT2D eigenvalue weighted by molar-refractivity contribution is -0.124. The average molecular weight is 403 g/mol. The van der Waals surface area contributed by atoms with Crippen LogP contribution in [-0.2, 0) is 9.59 Å². The SMILES string of the molecule is O=C(Oc1cccc(N2C(=O)[C@@H]3[C@H]4C=C[C@H]([C@H]5C[C@H]45)[C@@H]3C2=O)c1)c1ccccc1F. The molecule has 30 heavy (non-hydrogen) atoms. The van der Waals surface area contributed by atoms with Crippen molar-refractivity contribution < 1.29 is 23.5 Å². The molecule has 1 heterocycles. The van der Waals surface area contributed by atoms with Crippen LogP contribution in [0.4, 0.5) is 10.1 Å². The Labute approximate surface area is 172 Å². The second-order valence-corrected chi connectivity index (χ2v) is 8.53. The summed E-state index contributed by atoms with van der Waals surface area (Å²) < 4.78 is 19.2. The molecule has 150 valence electrons. The highest BCUT2D eigenvalue weighted by Gasteiger charge is 2.67. The summed E-state index contributed by atoms with van der Waals surface area (Å²) >= 11 is 0. The van der Waals surface area contributed by atoms with Crippen molar-refractivity contribution in [3.63, 3.8) is 0 Å². The Morgan fingerprint density at radius 3 is 2.27 bits per heavy atom. The van der Waals surface area contributed by atoms with E-state index in [1.165, 1.54) is 29.2 Å². The van der Waals surface area contributed by atoms with Crippen molar-refractivity contribution in [2.24, 2.45) is 35.5 Å². The van der Waals surface area contributed by atoms with Gasteiger partial charge in [-0.1, -0.05) is 30.4 Å². The smallest absolute Gasteiger partial charge is 0.346 e. The molecule has 0 spiro atoms. The highest BCUT2D eigenvalue weighted by molar-refractivity contribution is 6.22. The minimum absolute atomic E-state index is 0.147. The van der Waals surface area contributed by atoms with Gasteiger partial charge in [0.15, 0.2) is 0 Å². The predicted octanol–water partition coefficient (Wildman–Crippen LogP) is 3.60. The third kappa shape index (κ3) is 2.36. The number of ether oxygens (including phenoxy) is 1. The number of benzene rings is 2. The molecule has 0 N–H and O–H groups in total. The van der Waals surface area contributed by atoms with E-state index in [0.717, 1.165) is 6.42 Å². The maximum Gasteiger partial charge on any atom is 0.346 e. The van der Waals surface area contributed by atoms with Crippen molar-refractivity contribution in [1.29, 1.82) is 0 Å². The summed E-state index contributed by atoms with van der Waals surface area (Å²) in [5, 5.41) is 0. The number of nitrogens with zero attached hydrogens (tertiary/aromatic N) is 1. The third-order valence-corrected chi connectivity index (χ3v) is 7.04. The van der Waals surface area contributed by atoms with Crippen LogP contribution >= 0.6 is 0 Å². The zero-order chi connectivity index (χ0) is 20.6. The van der Waals surface area contributed by atoms with Crippen LogP contribution < -0.4 is 9.64 Å². The van der Waals surface area contributed by atoms with Gasteiger partial charge in [-0.3, -0.25) is 9.59 Å². The number of halogens is 1. The van der Waals surface area contributed by atoms with E-state index < -0.39 is 11.8 Å². The molecule has 0 aromatic heterocycles. The molecule has 6 atom stereocenters. The molecule has 1 aliphatic heterocycles. The maximum absolute atomic E-state index is 13.9. The Morgan fingerprint density at radius 2 is 1.60 bits per heavy atom. The van der Waals surface area contributed by atoms with Crippen molar-refractivity contribution in [2.75, 3.05) is 4.90 Å². The monoisotopic (exact) mass is 403 g/mol. The lowest BCUT2D eigenvalue weighted by atomic mass is 9.63. The number of esters is 1. The molecule has 4 aliphatic carbocycles. The highest BCUT2D eigenvalue weighted by Crippen LogP contribution is 2.65. The average Bonchev–Trinajstić information content (AvgIpc) is 3.52. The summed E-state index contributed by atoms with van der Waals surface area (Å²) in [6, 6.07) is 11.9. The van der Waals surface area contributed by atoms with Gasteiger partial charge < -0.3 is 4.74 Å². The second-order valence-electron chi connectivity index (χ2n) is 8.53. The second kappa shape index (κ2) is 6.11. The number of carbonyl (C=O) groups is 3. The van der Waals surface area contributed by atoms with Crippen LogP contribution in [0.15, 0.2) is 60.7 Å². The quantitative estimate of drug-likeness (QED) is 0.340. The molecular weight excluding hydrogens is 385 g/mol. The largest absolute Gasteiger partial charge is 0.423 e. The van der Waals surface area contributed by atoms with E-state index >= 15 is 0 Å². The van der Waals surface area contributed by atoms with Crippen LogP contribution in [0.1, 0.15) is 16.8 Å². The molecule has 2 amide bonds. The van der Waals surface area contributed by atoms with Gasteiger partial charge in [-0.25, -0.2) is 14.1 Å². The Kier molecular flexibility index (Phi) is 3.58. The fourth-order valence-corrected chi connectivity index (χ4v) is 5.69. The molecule has 2 saturated carbocycles. The van der Waals surface area contributed by atoms with E-state index in [2.05, 4.69) is 12.2 Å². The number of hydrogen-bond donors (Lipinski definition) is 0. The number of imide groups is 1. The molecule has 3 fully saturated rings. The molecule has 2 bridgehead atoms. The summed E-state index contributed by atoms with van der Waals surface area (Å²) in [7, 11) is 0. The Bertz CT molecular complexity index is 1110. The van der Waals surface area contributed by atoms with Crippen LogP contribution in [0, 0.1) is 41.3 Å². The van der Waals surface area contributed by atoms with Crippen LogP contribution in [0.2, 0.25) is 0 Å². The van der Waals surface area contributed by atoms with E-state index in [1.807, 2.05) is 0 Å². The first-order valence-corrected chi connectivity index (χ1v) is 10.2. The highest BCUT2D eigenvalue weighted by atomic mass is 19.1. The minimum atomic E-state index is -0.833. The molecule has 6 heteroatoms. The molecule has 2 aromatic rings. The standard InChI is InChI=1S/C24H18FNO4/c25-19-7-2-1-6-16(19)24(29)30-13-5-3-4-12(10-13)26-22(27)20-14-8-9-15(18-11-17(14)18)21(20)23(26)28/h1-10,14-15,17-18,20-21H,11H2/t14-,15+,17-,18-,20+,21-/m1/s1. The molecule has 7 rings (SSSR count). The Balaban J connectivity index is 1.29. The number of anilines is 1. The van der Waals surface area contributed by atoms with Gasteiger partial charge in [-0.2, -0.15) is 0 Å². The summed E-state index contributed by atoms with van der Waals surface area (Å²) in [4.78, 5) is 40.0. The van der Waals surface area contributed by atoms with Gasteiger partial charge in [-0.05, 0) is 54.4 Å². The van der Waals surface area contributed by atoms with Crippen LogP contribution in [0.25, 0.3) is 0 Å². The zero-order valence-corrected chi connectivity index (χ0v) is 15.9. The summed E-state index contributed by atoms with van der Waals surface area (Å²) in [6.07, 6.45) is 5.36. The van der Waals surface area contributed by atoms with Crippen LogP contribution in [-0.4, -0.2) is 17.8 Å². The number of carbonyl (C=O) groups excluding carboxylic acids is 3. The fraction of sp³-hybridized carbons (Fsp3) is 0.292. The summed E-state index contributed by atoms with van der Waals surface area (Å²) in [5.74, 6) is -0.921. The van der Waals surface area contributed by atoms with E-state index in [9.17, 15) is 18.8 Å². The first-order valence-electron chi connectivity index (χ1n) is 10.2. The molecular formula is C24H18FNO4. The van der Waals surface area contributed by atoms with Crippen molar-refractivity contribution in [3.8, 4) is 5.75 Å². The Hall–Kier alpha value is -3.28. The van der Waals surface area contributed by atoms with E-state index in [0.29, 0.717) is 17.5 Å². The van der Waals surface area contributed by atoms with Gasteiger partial charge in [0.05, 0.1) is 23.1 Å². The normalized spacial score (nSPS) is 32.8. The predicted molar refractivity (Wildman–Crippen MR) is 105 cm³/mol. The first kappa shape index (κ1) is 17.6. The number of amides is 2. The lowest BCUT2D eigenvalue weighted by Crippen LogP contribution is -2.40. The summed E-state index contributed by atoms with van der Waals surface area (Å²) in [5.41, 5.74) is 0.204. The minimum Gasteiger partial charge on any atom is -0.423 e. The first-order chi connectivity index (χ1) is 14.5. The van der Waals surface area contributed by atoms with Gasteiger partial charge in [0.25, 0.3) is 0 Å². The van der Waals surface area contributed by atoms with E-state index in [-0.39, 0.29) is 46.8 Å². The fourth-order valence-electron chi connectivity index (χ4n) is 5.69. The molecule has 1 saturated heterocycles. The Morgan fingerprint density at radius 1 is 0.933 bits per heavy atom. The van der Waals surface area contributed by atoms with Crippen molar-refractivity contribution in [3.05, 3.63) is 72.1 Å². The van der Waals surface area contributed by atoms with Crippen LogP contribution in [0.3, 0.4) is 0 Å². The van der Waals surface area contributed by atoms with Gasteiger partial charge in [0, 0.05) is 6.07 Å². The zero-order valence-electron chi connectivity index (χ0n) is 15.9. The van der Waals surface area contributed by atoms with E-state index in [1.54, 1.807) is 24.3 Å². The third-order valence-electron chi connectivity index (χ3n) is 7.04. The summed E-state index contributed by atoms with van der Waals surface area (Å²) in [6.45, 7) is 0. The molecule has 0 radical (unpaired) electrons. The number of allylic oxidation sites excluding steroid dienone is 2. The number of hydrogen-bond acceptors (Lipinski definition) is 4. The van der Waals surface area contributed by atoms with Crippen molar-refractivity contribution in [2.45, 2.75) is 6.42 Å². The van der Waals surface area contributed by atoms with E-state index in [4.69, 9.17) is 4.74 Å². The van der Waals surface area contributed by atoms with Gasteiger partial charge in [0.1, 0.15) is 11.6 Å². The molecule has 2 aromatic carbocycles. The molecule has 5 aliphatic rings. The van der Waals surface area contributed by atoms with Crippen molar-refractivity contribution in [1.82, 2.24) is 0 Å². The maximum atomic E-state index is 13.9. The van der Waals surface area contributed by atoms with Gasteiger partial charge >= 0.3 is 5.97 Å². The topological polar surface area (TPSA) is 63.7 Å². The van der Waals surface area contributed by atoms with Gasteiger partial charge in [0.2, 0.25) is 11.8 Å². The molecule has 5 nitrogen and oxygen atoms in total.